The largest absolute Gasteiger partial charge is 0.383 e. The first-order valence-electron chi connectivity index (χ1n) is 7.16. The van der Waals surface area contributed by atoms with Crippen molar-refractivity contribution in [1.82, 2.24) is 15.1 Å². The zero-order valence-corrected chi connectivity index (χ0v) is 14.4. The zero-order chi connectivity index (χ0) is 15.2. The SMILES string of the molecule is COCCNCc1cnn(-c2ccc(Br)cc2)c1C(C)C. The predicted molar refractivity (Wildman–Crippen MR) is 88.9 cm³/mol. The van der Waals surface area contributed by atoms with Crippen molar-refractivity contribution in [2.45, 2.75) is 26.3 Å². The summed E-state index contributed by atoms with van der Waals surface area (Å²) in [5, 5.41) is 7.95. The number of hydrogen-bond donors (Lipinski definition) is 1. The monoisotopic (exact) mass is 351 g/mol. The van der Waals surface area contributed by atoms with Gasteiger partial charge in [0, 0.05) is 30.2 Å². The third kappa shape index (κ3) is 4.15. The van der Waals surface area contributed by atoms with Crippen molar-refractivity contribution >= 4 is 15.9 Å². The van der Waals surface area contributed by atoms with Crippen LogP contribution in [0.1, 0.15) is 31.0 Å². The van der Waals surface area contributed by atoms with Crippen LogP contribution in [0.2, 0.25) is 0 Å². The molecule has 4 nitrogen and oxygen atoms in total. The van der Waals surface area contributed by atoms with Gasteiger partial charge in [0.05, 0.1) is 24.2 Å². The molecule has 0 bridgehead atoms. The summed E-state index contributed by atoms with van der Waals surface area (Å²) in [5.41, 5.74) is 3.58. The van der Waals surface area contributed by atoms with Crippen LogP contribution in [-0.4, -0.2) is 30.0 Å². The second-order valence-corrected chi connectivity index (χ2v) is 6.18. The van der Waals surface area contributed by atoms with Crippen LogP contribution < -0.4 is 5.32 Å². The highest BCUT2D eigenvalue weighted by atomic mass is 79.9. The Kier molecular flexibility index (Phi) is 5.96. The standard InChI is InChI=1S/C16H22BrN3O/c1-12(2)16-13(10-18-8-9-21-3)11-19-20(16)15-6-4-14(17)5-7-15/h4-7,11-12,18H,8-10H2,1-3H3. The zero-order valence-electron chi connectivity index (χ0n) is 12.8. The quantitative estimate of drug-likeness (QED) is 0.776. The molecule has 0 radical (unpaired) electrons. The Morgan fingerprint density at radius 3 is 2.62 bits per heavy atom. The molecule has 0 amide bonds. The summed E-state index contributed by atoms with van der Waals surface area (Å²) in [7, 11) is 1.72. The average molecular weight is 352 g/mol. The highest BCUT2D eigenvalue weighted by molar-refractivity contribution is 9.10. The van der Waals surface area contributed by atoms with E-state index in [2.05, 4.69) is 52.3 Å². The maximum Gasteiger partial charge on any atom is 0.0649 e. The lowest BCUT2D eigenvalue weighted by Gasteiger charge is -2.13. The van der Waals surface area contributed by atoms with Crippen LogP contribution >= 0.6 is 15.9 Å². The van der Waals surface area contributed by atoms with Gasteiger partial charge in [-0.15, -0.1) is 0 Å². The summed E-state index contributed by atoms with van der Waals surface area (Å²) < 4.78 is 8.16. The lowest BCUT2D eigenvalue weighted by molar-refractivity contribution is 0.199. The minimum Gasteiger partial charge on any atom is -0.383 e. The van der Waals surface area contributed by atoms with Gasteiger partial charge in [0.25, 0.3) is 0 Å². The van der Waals surface area contributed by atoms with Gasteiger partial charge in [-0.1, -0.05) is 29.8 Å². The van der Waals surface area contributed by atoms with Gasteiger partial charge in [0.15, 0.2) is 0 Å². The van der Waals surface area contributed by atoms with E-state index < -0.39 is 0 Å². The van der Waals surface area contributed by atoms with E-state index in [1.54, 1.807) is 7.11 Å². The molecule has 0 aliphatic carbocycles. The number of halogens is 1. The summed E-state index contributed by atoms with van der Waals surface area (Å²) in [4.78, 5) is 0. The van der Waals surface area contributed by atoms with E-state index in [1.807, 2.05) is 23.0 Å². The molecule has 1 heterocycles. The van der Waals surface area contributed by atoms with E-state index in [1.165, 1.54) is 11.3 Å². The number of ether oxygens (including phenoxy) is 1. The molecule has 0 saturated carbocycles. The molecule has 0 unspecified atom stereocenters. The summed E-state index contributed by atoms with van der Waals surface area (Å²) in [6, 6.07) is 8.23. The van der Waals surface area contributed by atoms with E-state index in [-0.39, 0.29) is 0 Å². The van der Waals surface area contributed by atoms with Crippen molar-refractivity contribution in [3.8, 4) is 5.69 Å². The minimum absolute atomic E-state index is 0.412. The molecule has 2 aromatic rings. The normalized spacial score (nSPS) is 11.3. The molecule has 1 aromatic carbocycles. The van der Waals surface area contributed by atoms with Crippen molar-refractivity contribution in [3.63, 3.8) is 0 Å². The second kappa shape index (κ2) is 7.73. The van der Waals surface area contributed by atoms with Gasteiger partial charge in [-0.25, -0.2) is 4.68 Å². The fourth-order valence-corrected chi connectivity index (χ4v) is 2.59. The third-order valence-electron chi connectivity index (χ3n) is 3.30. The van der Waals surface area contributed by atoms with E-state index in [4.69, 9.17) is 4.74 Å². The fourth-order valence-electron chi connectivity index (χ4n) is 2.33. The molecule has 1 aromatic heterocycles. The molecule has 21 heavy (non-hydrogen) atoms. The molecule has 0 saturated heterocycles. The van der Waals surface area contributed by atoms with Crippen molar-refractivity contribution < 1.29 is 4.74 Å². The minimum atomic E-state index is 0.412. The lowest BCUT2D eigenvalue weighted by atomic mass is 10.1. The van der Waals surface area contributed by atoms with Gasteiger partial charge in [-0.3, -0.25) is 0 Å². The van der Waals surface area contributed by atoms with Crippen LogP contribution in [0.15, 0.2) is 34.9 Å². The molecule has 0 aliphatic rings. The number of hydrogen-bond acceptors (Lipinski definition) is 3. The number of aromatic nitrogens is 2. The summed E-state index contributed by atoms with van der Waals surface area (Å²) >= 11 is 3.47. The van der Waals surface area contributed by atoms with Gasteiger partial charge >= 0.3 is 0 Å². The molecule has 0 spiro atoms. The Morgan fingerprint density at radius 1 is 1.29 bits per heavy atom. The first-order chi connectivity index (χ1) is 10.1. The van der Waals surface area contributed by atoms with Crippen molar-refractivity contribution in [2.75, 3.05) is 20.3 Å². The van der Waals surface area contributed by atoms with Crippen LogP contribution in [0.3, 0.4) is 0 Å². The molecule has 1 N–H and O–H groups in total. The Balaban J connectivity index is 2.22. The summed E-state index contributed by atoms with van der Waals surface area (Å²) in [6.07, 6.45) is 1.96. The van der Waals surface area contributed by atoms with Crippen LogP contribution in [0.5, 0.6) is 0 Å². The van der Waals surface area contributed by atoms with E-state index in [0.29, 0.717) is 5.92 Å². The van der Waals surface area contributed by atoms with Crippen LogP contribution in [0.25, 0.3) is 5.69 Å². The molecule has 2 rings (SSSR count). The number of rotatable bonds is 7. The molecular formula is C16H22BrN3O. The fraction of sp³-hybridized carbons (Fsp3) is 0.438. The lowest BCUT2D eigenvalue weighted by Crippen LogP contribution is -2.19. The van der Waals surface area contributed by atoms with Crippen LogP contribution in [0, 0.1) is 0 Å². The number of nitrogens with one attached hydrogen (secondary N) is 1. The molecular weight excluding hydrogens is 330 g/mol. The number of nitrogens with zero attached hydrogens (tertiary/aromatic N) is 2. The smallest absolute Gasteiger partial charge is 0.0649 e. The molecule has 5 heteroatoms. The molecule has 114 valence electrons. The highest BCUT2D eigenvalue weighted by Gasteiger charge is 2.15. The van der Waals surface area contributed by atoms with E-state index in [0.717, 1.165) is 29.9 Å². The molecule has 0 aliphatic heterocycles. The van der Waals surface area contributed by atoms with Gasteiger partial charge in [-0.2, -0.15) is 5.10 Å². The topological polar surface area (TPSA) is 39.1 Å². The van der Waals surface area contributed by atoms with Crippen LogP contribution in [0.4, 0.5) is 0 Å². The van der Waals surface area contributed by atoms with Gasteiger partial charge in [-0.05, 0) is 30.2 Å². The Hall–Kier alpha value is -1.17. The summed E-state index contributed by atoms with van der Waals surface area (Å²) in [6.45, 7) is 6.78. The average Bonchev–Trinajstić information content (AvgIpc) is 2.88. The first-order valence-corrected chi connectivity index (χ1v) is 7.95. The Bertz CT molecular complexity index is 563. The second-order valence-electron chi connectivity index (χ2n) is 5.27. The first kappa shape index (κ1) is 16.2. The Labute approximate surface area is 134 Å². The van der Waals surface area contributed by atoms with Crippen LogP contribution in [-0.2, 0) is 11.3 Å². The molecule has 0 atom stereocenters. The number of methoxy groups -OCH3 is 1. The van der Waals surface area contributed by atoms with Gasteiger partial charge in [0.1, 0.15) is 0 Å². The maximum atomic E-state index is 5.06. The van der Waals surface area contributed by atoms with E-state index in [9.17, 15) is 0 Å². The predicted octanol–water partition coefficient (Wildman–Crippen LogP) is 3.49. The highest BCUT2D eigenvalue weighted by Crippen LogP contribution is 2.23. The molecule has 0 fully saturated rings. The van der Waals surface area contributed by atoms with E-state index >= 15 is 0 Å². The Morgan fingerprint density at radius 2 is 2.00 bits per heavy atom. The van der Waals surface area contributed by atoms with Gasteiger partial charge in [0.2, 0.25) is 0 Å². The van der Waals surface area contributed by atoms with Gasteiger partial charge < -0.3 is 10.1 Å². The van der Waals surface area contributed by atoms with Crippen molar-refractivity contribution in [1.29, 1.82) is 0 Å². The third-order valence-corrected chi connectivity index (χ3v) is 3.83. The maximum absolute atomic E-state index is 5.06. The van der Waals surface area contributed by atoms with Crippen molar-refractivity contribution in [2.24, 2.45) is 0 Å². The number of benzene rings is 1. The van der Waals surface area contributed by atoms with Crippen molar-refractivity contribution in [3.05, 3.63) is 46.2 Å². The summed E-state index contributed by atoms with van der Waals surface area (Å²) in [5.74, 6) is 0.412.